The number of aromatic nitrogens is 1. The second kappa shape index (κ2) is 6.18. The van der Waals surface area contributed by atoms with Crippen LogP contribution in [0.15, 0.2) is 42.7 Å². The molecule has 1 aromatic heterocycles. The molecule has 1 aromatic carbocycles. The summed E-state index contributed by atoms with van der Waals surface area (Å²) in [6.07, 6.45) is 3.16. The summed E-state index contributed by atoms with van der Waals surface area (Å²) in [6, 6.07) is 10.1. The fourth-order valence-corrected chi connectivity index (χ4v) is 2.27. The molecule has 1 unspecified atom stereocenters. The number of aliphatic hydroxyl groups is 1. The Hall–Kier alpha value is -1.38. The molecular weight excluding hydrogens is 258 g/mol. The second-order valence-electron chi connectivity index (χ2n) is 5.01. The van der Waals surface area contributed by atoms with E-state index in [2.05, 4.69) is 43.1 Å². The predicted octanol–water partition coefficient (Wildman–Crippen LogP) is 4.13. The smallest absolute Gasteiger partial charge is 0.0845 e. The number of rotatable bonds is 4. The largest absolute Gasteiger partial charge is 0.388 e. The molecule has 1 N–H and O–H groups in total. The molecule has 2 rings (SSSR count). The van der Waals surface area contributed by atoms with Crippen molar-refractivity contribution in [1.82, 2.24) is 4.98 Å². The number of pyridine rings is 1. The zero-order valence-corrected chi connectivity index (χ0v) is 11.9. The number of benzene rings is 1. The minimum Gasteiger partial charge on any atom is -0.388 e. The highest BCUT2D eigenvalue weighted by molar-refractivity contribution is 6.31. The third-order valence-electron chi connectivity index (χ3n) is 3.24. The second-order valence-corrected chi connectivity index (χ2v) is 5.42. The first-order valence-corrected chi connectivity index (χ1v) is 6.82. The summed E-state index contributed by atoms with van der Waals surface area (Å²) in [5.74, 6) is 0.522. The Kier molecular flexibility index (Phi) is 4.56. The average molecular weight is 276 g/mol. The van der Waals surface area contributed by atoms with Crippen LogP contribution in [0.5, 0.6) is 0 Å². The third-order valence-corrected chi connectivity index (χ3v) is 3.55. The summed E-state index contributed by atoms with van der Waals surface area (Å²) < 4.78 is 0. The molecular formula is C16H18ClNO. The molecule has 0 saturated heterocycles. The number of nitrogens with zero attached hydrogens (tertiary/aromatic N) is 1. The van der Waals surface area contributed by atoms with Gasteiger partial charge in [0, 0.05) is 24.4 Å². The maximum Gasteiger partial charge on any atom is 0.0845 e. The molecule has 3 heteroatoms. The first-order chi connectivity index (χ1) is 9.08. The van der Waals surface area contributed by atoms with Crippen LogP contribution >= 0.6 is 11.6 Å². The van der Waals surface area contributed by atoms with Crippen LogP contribution in [0.25, 0.3) is 0 Å². The van der Waals surface area contributed by atoms with E-state index in [-0.39, 0.29) is 0 Å². The minimum atomic E-state index is -0.597. The first kappa shape index (κ1) is 14.0. The monoisotopic (exact) mass is 275 g/mol. The summed E-state index contributed by atoms with van der Waals surface area (Å²) in [6.45, 7) is 4.33. The Morgan fingerprint density at radius 1 is 1.16 bits per heavy atom. The van der Waals surface area contributed by atoms with Crippen LogP contribution in [0.4, 0.5) is 0 Å². The highest BCUT2D eigenvalue weighted by Crippen LogP contribution is 2.25. The quantitative estimate of drug-likeness (QED) is 0.910. The Morgan fingerprint density at radius 3 is 2.42 bits per heavy atom. The lowest BCUT2D eigenvalue weighted by Gasteiger charge is -2.13. The molecule has 0 fully saturated rings. The molecule has 0 aliphatic heterocycles. The van der Waals surface area contributed by atoms with Crippen molar-refractivity contribution in [3.8, 4) is 0 Å². The van der Waals surface area contributed by atoms with Gasteiger partial charge in [-0.3, -0.25) is 4.98 Å². The standard InChI is InChI=1S/C16H18ClNO/c1-11(2)13-5-3-12(4-6-13)9-16(19)14-7-8-18-10-15(14)17/h3-8,10-11,16,19H,9H2,1-2H3. The maximum absolute atomic E-state index is 10.2. The minimum absolute atomic E-state index is 0.508. The van der Waals surface area contributed by atoms with Gasteiger partial charge in [0.25, 0.3) is 0 Å². The van der Waals surface area contributed by atoms with E-state index < -0.39 is 6.10 Å². The van der Waals surface area contributed by atoms with Crippen molar-refractivity contribution in [3.05, 3.63) is 64.4 Å². The van der Waals surface area contributed by atoms with Gasteiger partial charge in [-0.2, -0.15) is 0 Å². The van der Waals surface area contributed by atoms with Crippen LogP contribution in [0.2, 0.25) is 5.02 Å². The maximum atomic E-state index is 10.2. The van der Waals surface area contributed by atoms with E-state index in [1.807, 2.05) is 0 Å². The van der Waals surface area contributed by atoms with Crippen molar-refractivity contribution in [1.29, 1.82) is 0 Å². The molecule has 0 amide bonds. The van der Waals surface area contributed by atoms with Crippen molar-refractivity contribution >= 4 is 11.6 Å². The number of hydrogen-bond acceptors (Lipinski definition) is 2. The van der Waals surface area contributed by atoms with Crippen LogP contribution in [-0.4, -0.2) is 10.1 Å². The molecule has 2 nitrogen and oxygen atoms in total. The van der Waals surface area contributed by atoms with E-state index >= 15 is 0 Å². The Bertz CT molecular complexity index is 537. The lowest BCUT2D eigenvalue weighted by Crippen LogP contribution is -2.03. The fraction of sp³-hybridized carbons (Fsp3) is 0.312. The Labute approximate surface area is 119 Å². The van der Waals surface area contributed by atoms with Crippen LogP contribution in [0.1, 0.15) is 42.6 Å². The van der Waals surface area contributed by atoms with E-state index in [0.717, 1.165) is 11.1 Å². The summed E-state index contributed by atoms with van der Waals surface area (Å²) in [7, 11) is 0. The van der Waals surface area contributed by atoms with Crippen molar-refractivity contribution in [2.45, 2.75) is 32.3 Å². The van der Waals surface area contributed by atoms with Crippen LogP contribution in [-0.2, 0) is 6.42 Å². The van der Waals surface area contributed by atoms with E-state index in [1.165, 1.54) is 5.56 Å². The molecule has 0 aliphatic rings. The molecule has 0 spiro atoms. The lowest BCUT2D eigenvalue weighted by molar-refractivity contribution is 0.178. The molecule has 2 aromatic rings. The van der Waals surface area contributed by atoms with E-state index in [9.17, 15) is 5.11 Å². The fourth-order valence-electron chi connectivity index (χ4n) is 2.03. The normalized spacial score (nSPS) is 12.7. The van der Waals surface area contributed by atoms with Crippen molar-refractivity contribution in [3.63, 3.8) is 0 Å². The zero-order chi connectivity index (χ0) is 13.8. The van der Waals surface area contributed by atoms with Gasteiger partial charge in [-0.1, -0.05) is 49.7 Å². The summed E-state index contributed by atoms with van der Waals surface area (Å²) in [5, 5.41) is 10.7. The van der Waals surface area contributed by atoms with Crippen molar-refractivity contribution in [2.75, 3.05) is 0 Å². The van der Waals surface area contributed by atoms with Crippen molar-refractivity contribution in [2.24, 2.45) is 0 Å². The number of hydrogen-bond donors (Lipinski definition) is 1. The van der Waals surface area contributed by atoms with Gasteiger partial charge in [0.2, 0.25) is 0 Å². The van der Waals surface area contributed by atoms with E-state index in [1.54, 1.807) is 18.5 Å². The highest BCUT2D eigenvalue weighted by atomic mass is 35.5. The molecule has 0 radical (unpaired) electrons. The van der Waals surface area contributed by atoms with Gasteiger partial charge in [-0.15, -0.1) is 0 Å². The predicted molar refractivity (Wildman–Crippen MR) is 78.4 cm³/mol. The van der Waals surface area contributed by atoms with E-state index in [0.29, 0.717) is 17.4 Å². The zero-order valence-electron chi connectivity index (χ0n) is 11.2. The molecule has 1 atom stereocenters. The van der Waals surface area contributed by atoms with Crippen LogP contribution < -0.4 is 0 Å². The van der Waals surface area contributed by atoms with Crippen molar-refractivity contribution < 1.29 is 5.11 Å². The summed E-state index contributed by atoms with van der Waals surface area (Å²) in [5.41, 5.74) is 3.13. The SMILES string of the molecule is CC(C)c1ccc(CC(O)c2ccncc2Cl)cc1. The summed E-state index contributed by atoms with van der Waals surface area (Å²) >= 11 is 6.03. The van der Waals surface area contributed by atoms with Gasteiger partial charge in [-0.25, -0.2) is 0 Å². The molecule has 0 saturated carbocycles. The van der Waals surface area contributed by atoms with Crippen LogP contribution in [0, 0.1) is 0 Å². The van der Waals surface area contributed by atoms with Crippen LogP contribution in [0.3, 0.4) is 0 Å². The molecule has 100 valence electrons. The lowest BCUT2D eigenvalue weighted by atomic mass is 9.98. The van der Waals surface area contributed by atoms with Gasteiger partial charge >= 0.3 is 0 Å². The van der Waals surface area contributed by atoms with Gasteiger partial charge < -0.3 is 5.11 Å². The number of aliphatic hydroxyl groups excluding tert-OH is 1. The molecule has 1 heterocycles. The topological polar surface area (TPSA) is 33.1 Å². The third kappa shape index (κ3) is 3.55. The Morgan fingerprint density at radius 2 is 1.84 bits per heavy atom. The highest BCUT2D eigenvalue weighted by Gasteiger charge is 2.12. The average Bonchev–Trinajstić information content (AvgIpc) is 2.39. The van der Waals surface area contributed by atoms with Gasteiger partial charge in [0.05, 0.1) is 11.1 Å². The van der Waals surface area contributed by atoms with Gasteiger partial charge in [-0.05, 0) is 23.1 Å². The first-order valence-electron chi connectivity index (χ1n) is 6.44. The Balaban J connectivity index is 2.11. The summed E-state index contributed by atoms with van der Waals surface area (Å²) in [4.78, 5) is 3.92. The van der Waals surface area contributed by atoms with E-state index in [4.69, 9.17) is 11.6 Å². The van der Waals surface area contributed by atoms with Gasteiger partial charge in [0.1, 0.15) is 0 Å². The molecule has 0 bridgehead atoms. The molecule has 19 heavy (non-hydrogen) atoms. The van der Waals surface area contributed by atoms with Gasteiger partial charge in [0.15, 0.2) is 0 Å². The number of halogens is 1. The molecule has 0 aliphatic carbocycles.